The van der Waals surface area contributed by atoms with Crippen LogP contribution < -0.4 is 16.6 Å². The predicted molar refractivity (Wildman–Crippen MR) is 58.0 cm³/mol. The highest BCUT2D eigenvalue weighted by atomic mass is 32.1. The van der Waals surface area contributed by atoms with Gasteiger partial charge in [-0.2, -0.15) is 0 Å². The van der Waals surface area contributed by atoms with Crippen molar-refractivity contribution in [2.75, 3.05) is 6.54 Å². The minimum Gasteiger partial charge on any atom is -0.361 e. The van der Waals surface area contributed by atoms with Gasteiger partial charge in [0.2, 0.25) is 0 Å². The van der Waals surface area contributed by atoms with Crippen LogP contribution in [0.25, 0.3) is 0 Å². The number of rotatable bonds is 3. The van der Waals surface area contributed by atoms with E-state index >= 15 is 0 Å². The molecule has 0 saturated carbocycles. The van der Waals surface area contributed by atoms with Gasteiger partial charge >= 0.3 is 0 Å². The van der Waals surface area contributed by atoms with Gasteiger partial charge in [-0.15, -0.1) is 0 Å². The summed E-state index contributed by atoms with van der Waals surface area (Å²) in [7, 11) is 0. The molecule has 0 radical (unpaired) electrons. The second-order valence-electron chi connectivity index (χ2n) is 2.93. The van der Waals surface area contributed by atoms with Crippen molar-refractivity contribution in [1.82, 2.24) is 10.7 Å². The van der Waals surface area contributed by atoms with Crippen LogP contribution in [0.1, 0.15) is 5.56 Å². The first kappa shape index (κ1) is 11.8. The molecule has 1 aromatic rings. The largest absolute Gasteiger partial charge is 0.361 e. The summed E-state index contributed by atoms with van der Waals surface area (Å²) in [6, 6.07) is 3.40. The van der Waals surface area contributed by atoms with Crippen LogP contribution in [-0.4, -0.2) is 11.7 Å². The van der Waals surface area contributed by atoms with Crippen molar-refractivity contribution in [3.63, 3.8) is 0 Å². The topological polar surface area (TPSA) is 50.1 Å². The van der Waals surface area contributed by atoms with Gasteiger partial charge in [0.1, 0.15) is 11.6 Å². The Balaban J connectivity index is 2.47. The monoisotopic (exact) mass is 231 g/mol. The third kappa shape index (κ3) is 4.18. The maximum atomic E-state index is 12.8. The van der Waals surface area contributed by atoms with Gasteiger partial charge in [0.25, 0.3) is 0 Å². The number of hydrogen-bond donors (Lipinski definition) is 3. The fraction of sp³-hybridized carbons (Fsp3) is 0.222. The van der Waals surface area contributed by atoms with Crippen LogP contribution in [-0.2, 0) is 6.42 Å². The summed E-state index contributed by atoms with van der Waals surface area (Å²) in [5.74, 6) is 3.87. The molecule has 0 bridgehead atoms. The number of hydrazine groups is 1. The van der Waals surface area contributed by atoms with Gasteiger partial charge in [0.15, 0.2) is 5.11 Å². The van der Waals surface area contributed by atoms with E-state index in [0.29, 0.717) is 23.6 Å². The molecule has 15 heavy (non-hydrogen) atoms. The molecule has 1 rings (SSSR count). The van der Waals surface area contributed by atoms with Crippen LogP contribution in [0, 0.1) is 11.6 Å². The number of thiocarbonyl (C=S) groups is 1. The zero-order valence-corrected chi connectivity index (χ0v) is 8.70. The molecule has 0 spiro atoms. The third-order valence-corrected chi connectivity index (χ3v) is 2.01. The number of halogens is 2. The molecule has 0 aliphatic rings. The summed E-state index contributed by atoms with van der Waals surface area (Å²) in [5, 5.41) is 3.07. The van der Waals surface area contributed by atoms with E-state index < -0.39 is 11.6 Å². The standard InChI is InChI=1S/C9H11F2N3S/c10-7-3-6(4-8(11)5-7)1-2-13-9(15)14-12/h3-5H,1-2,12H2,(H2,13,14,15). The zero-order valence-electron chi connectivity index (χ0n) is 7.89. The summed E-state index contributed by atoms with van der Waals surface area (Å²) in [5.41, 5.74) is 2.82. The van der Waals surface area contributed by atoms with Gasteiger partial charge in [-0.1, -0.05) is 0 Å². The number of benzene rings is 1. The maximum absolute atomic E-state index is 12.8. The van der Waals surface area contributed by atoms with Gasteiger partial charge in [0.05, 0.1) is 0 Å². The Morgan fingerprint density at radius 1 is 1.27 bits per heavy atom. The lowest BCUT2D eigenvalue weighted by Crippen LogP contribution is -2.40. The lowest BCUT2D eigenvalue weighted by atomic mass is 10.1. The molecule has 0 aliphatic carbocycles. The molecule has 0 amide bonds. The Hall–Kier alpha value is -1.27. The molecular formula is C9H11F2N3S. The van der Waals surface area contributed by atoms with Crippen LogP contribution in [0.5, 0.6) is 0 Å². The Morgan fingerprint density at radius 2 is 1.87 bits per heavy atom. The summed E-state index contributed by atoms with van der Waals surface area (Å²) in [6.45, 7) is 0.464. The van der Waals surface area contributed by atoms with Crippen LogP contribution in [0.2, 0.25) is 0 Å². The quantitative estimate of drug-likeness (QED) is 0.410. The maximum Gasteiger partial charge on any atom is 0.180 e. The first-order valence-electron chi connectivity index (χ1n) is 4.31. The molecule has 0 unspecified atom stereocenters. The second kappa shape index (κ2) is 5.57. The van der Waals surface area contributed by atoms with Crippen LogP contribution >= 0.6 is 12.2 Å². The fourth-order valence-corrected chi connectivity index (χ4v) is 1.23. The molecule has 0 saturated heterocycles. The molecule has 3 nitrogen and oxygen atoms in total. The van der Waals surface area contributed by atoms with E-state index in [1.54, 1.807) is 0 Å². The Bertz CT molecular complexity index is 337. The van der Waals surface area contributed by atoms with Crippen molar-refractivity contribution in [3.05, 3.63) is 35.4 Å². The normalized spacial score (nSPS) is 9.80. The van der Waals surface area contributed by atoms with E-state index in [-0.39, 0.29) is 0 Å². The molecule has 4 N–H and O–H groups in total. The molecule has 0 fully saturated rings. The van der Waals surface area contributed by atoms with Crippen LogP contribution in [0.15, 0.2) is 18.2 Å². The third-order valence-electron chi connectivity index (χ3n) is 1.75. The van der Waals surface area contributed by atoms with E-state index in [2.05, 4.69) is 10.7 Å². The second-order valence-corrected chi connectivity index (χ2v) is 3.34. The average molecular weight is 231 g/mol. The van der Waals surface area contributed by atoms with Crippen molar-refractivity contribution in [2.24, 2.45) is 5.84 Å². The minimum atomic E-state index is -0.579. The smallest absolute Gasteiger partial charge is 0.180 e. The van der Waals surface area contributed by atoms with Gasteiger partial charge in [-0.3, -0.25) is 0 Å². The summed E-state index contributed by atoms with van der Waals surface area (Å²) in [6.07, 6.45) is 0.469. The Kier molecular flexibility index (Phi) is 4.38. The molecular weight excluding hydrogens is 220 g/mol. The van der Waals surface area contributed by atoms with E-state index in [9.17, 15) is 8.78 Å². The Labute approximate surface area is 91.6 Å². The first-order chi connectivity index (χ1) is 7.11. The van der Waals surface area contributed by atoms with E-state index in [1.165, 1.54) is 12.1 Å². The molecule has 0 aromatic heterocycles. The lowest BCUT2D eigenvalue weighted by molar-refractivity contribution is 0.579. The SMILES string of the molecule is NNC(=S)NCCc1cc(F)cc(F)c1. The van der Waals surface area contributed by atoms with Gasteiger partial charge in [-0.05, 0) is 36.3 Å². The molecule has 0 atom stereocenters. The van der Waals surface area contributed by atoms with Crippen molar-refractivity contribution in [3.8, 4) is 0 Å². The Morgan fingerprint density at radius 3 is 2.40 bits per heavy atom. The summed E-state index contributed by atoms with van der Waals surface area (Å²) >= 11 is 4.73. The molecule has 6 heteroatoms. The van der Waals surface area contributed by atoms with Gasteiger partial charge < -0.3 is 10.7 Å². The van der Waals surface area contributed by atoms with Crippen molar-refractivity contribution in [1.29, 1.82) is 0 Å². The highest BCUT2D eigenvalue weighted by Crippen LogP contribution is 2.07. The molecule has 0 aliphatic heterocycles. The van der Waals surface area contributed by atoms with Crippen LogP contribution in [0.4, 0.5) is 8.78 Å². The molecule has 82 valence electrons. The van der Waals surface area contributed by atoms with Crippen molar-refractivity contribution >= 4 is 17.3 Å². The first-order valence-corrected chi connectivity index (χ1v) is 4.72. The van der Waals surface area contributed by atoms with E-state index in [4.69, 9.17) is 18.1 Å². The highest BCUT2D eigenvalue weighted by molar-refractivity contribution is 7.80. The molecule has 0 heterocycles. The summed E-state index contributed by atoms with van der Waals surface area (Å²) in [4.78, 5) is 0. The lowest BCUT2D eigenvalue weighted by Gasteiger charge is -2.06. The van der Waals surface area contributed by atoms with Crippen molar-refractivity contribution < 1.29 is 8.78 Å². The van der Waals surface area contributed by atoms with Crippen LogP contribution in [0.3, 0.4) is 0 Å². The van der Waals surface area contributed by atoms with Gasteiger partial charge in [-0.25, -0.2) is 14.6 Å². The number of nitrogens with two attached hydrogens (primary N) is 1. The predicted octanol–water partition coefficient (Wildman–Crippen LogP) is 0.845. The fourth-order valence-electron chi connectivity index (χ4n) is 1.13. The average Bonchev–Trinajstić information content (AvgIpc) is 2.16. The van der Waals surface area contributed by atoms with Gasteiger partial charge in [0, 0.05) is 12.6 Å². The van der Waals surface area contributed by atoms with E-state index in [1.807, 2.05) is 0 Å². The zero-order chi connectivity index (χ0) is 11.3. The molecule has 1 aromatic carbocycles. The van der Waals surface area contributed by atoms with E-state index in [0.717, 1.165) is 6.07 Å². The highest BCUT2D eigenvalue weighted by Gasteiger charge is 2.00. The number of nitrogens with one attached hydrogen (secondary N) is 2. The number of hydrogen-bond acceptors (Lipinski definition) is 2. The van der Waals surface area contributed by atoms with Crippen molar-refractivity contribution in [2.45, 2.75) is 6.42 Å². The summed E-state index contributed by atoms with van der Waals surface area (Å²) < 4.78 is 25.5. The minimum absolute atomic E-state index is 0.298.